The van der Waals surface area contributed by atoms with Gasteiger partial charge in [-0.25, -0.2) is 4.39 Å². The summed E-state index contributed by atoms with van der Waals surface area (Å²) in [7, 11) is 0. The van der Waals surface area contributed by atoms with Crippen molar-refractivity contribution in [1.29, 1.82) is 0 Å². The van der Waals surface area contributed by atoms with Gasteiger partial charge in [-0.3, -0.25) is 9.69 Å². The third kappa shape index (κ3) is 2.55. The van der Waals surface area contributed by atoms with E-state index in [1.807, 2.05) is 0 Å². The molecule has 24 heavy (non-hydrogen) atoms. The second-order valence-corrected chi connectivity index (χ2v) is 7.05. The quantitative estimate of drug-likeness (QED) is 0.894. The van der Waals surface area contributed by atoms with Gasteiger partial charge >= 0.3 is 0 Å². The number of halogens is 1. The van der Waals surface area contributed by atoms with Crippen LogP contribution in [0.15, 0.2) is 29.1 Å². The Bertz CT molecular complexity index is 822. The molecular formula is C18H21FN2O3. The van der Waals surface area contributed by atoms with Crippen LogP contribution in [0.25, 0.3) is 10.9 Å². The number of benzene rings is 1. The number of para-hydroxylation sites is 1. The predicted molar refractivity (Wildman–Crippen MR) is 88.2 cm³/mol. The van der Waals surface area contributed by atoms with Gasteiger partial charge < -0.3 is 14.8 Å². The van der Waals surface area contributed by atoms with Gasteiger partial charge in [0.15, 0.2) is 5.43 Å². The summed E-state index contributed by atoms with van der Waals surface area (Å²) >= 11 is 0. The molecule has 2 atom stereocenters. The maximum Gasteiger partial charge on any atom is 0.189 e. The van der Waals surface area contributed by atoms with E-state index in [4.69, 9.17) is 4.74 Å². The fourth-order valence-electron chi connectivity index (χ4n) is 4.17. The molecule has 2 saturated heterocycles. The van der Waals surface area contributed by atoms with Crippen LogP contribution >= 0.6 is 0 Å². The van der Waals surface area contributed by atoms with Crippen molar-refractivity contribution >= 4 is 10.9 Å². The van der Waals surface area contributed by atoms with Crippen LogP contribution in [0.4, 0.5) is 4.39 Å². The molecule has 0 radical (unpaired) electrons. The topological polar surface area (TPSA) is 65.6 Å². The number of nitrogens with zero attached hydrogens (tertiary/aromatic N) is 1. The molecule has 2 N–H and O–H groups in total. The van der Waals surface area contributed by atoms with Gasteiger partial charge in [0.05, 0.1) is 18.7 Å². The summed E-state index contributed by atoms with van der Waals surface area (Å²) in [5.41, 5.74) is 0.581. The molecule has 0 aliphatic carbocycles. The van der Waals surface area contributed by atoms with Gasteiger partial charge in [0.25, 0.3) is 0 Å². The molecule has 0 spiro atoms. The van der Waals surface area contributed by atoms with E-state index < -0.39 is 5.82 Å². The minimum atomic E-state index is -0.415. The number of aromatic amines is 1. The molecule has 6 heteroatoms. The minimum Gasteiger partial charge on any atom is -0.396 e. The Kier molecular flexibility index (Phi) is 3.90. The van der Waals surface area contributed by atoms with Crippen molar-refractivity contribution in [3.8, 4) is 0 Å². The molecule has 2 aromatic rings. The molecule has 2 aliphatic rings. The molecular weight excluding hydrogens is 311 g/mol. The Hall–Kier alpha value is -1.76. The zero-order chi connectivity index (χ0) is 16.7. The van der Waals surface area contributed by atoms with E-state index in [-0.39, 0.29) is 23.0 Å². The largest absolute Gasteiger partial charge is 0.396 e. The van der Waals surface area contributed by atoms with E-state index in [0.29, 0.717) is 30.1 Å². The van der Waals surface area contributed by atoms with E-state index in [1.165, 1.54) is 6.07 Å². The Balaban J connectivity index is 1.61. The average molecular weight is 332 g/mol. The summed E-state index contributed by atoms with van der Waals surface area (Å²) in [4.78, 5) is 17.5. The van der Waals surface area contributed by atoms with Crippen molar-refractivity contribution in [3.05, 3.63) is 46.0 Å². The number of fused-ring (bicyclic) bond motifs is 2. The number of rotatable bonds is 3. The maximum absolute atomic E-state index is 14.0. The number of aromatic nitrogens is 1. The second-order valence-electron chi connectivity index (χ2n) is 7.05. The van der Waals surface area contributed by atoms with Crippen LogP contribution < -0.4 is 5.43 Å². The summed E-state index contributed by atoms with van der Waals surface area (Å²) in [6.45, 7) is 3.55. The zero-order valence-electron chi connectivity index (χ0n) is 13.4. The molecule has 0 bridgehead atoms. The number of pyridine rings is 1. The fourth-order valence-corrected chi connectivity index (χ4v) is 4.17. The highest BCUT2D eigenvalue weighted by molar-refractivity contribution is 5.78. The molecule has 0 amide bonds. The number of ether oxygens (including phenoxy) is 1. The number of H-pyrrole nitrogens is 1. The van der Waals surface area contributed by atoms with Crippen molar-refractivity contribution in [3.63, 3.8) is 0 Å². The van der Waals surface area contributed by atoms with E-state index in [2.05, 4.69) is 9.88 Å². The van der Waals surface area contributed by atoms with Gasteiger partial charge in [-0.05, 0) is 24.5 Å². The molecule has 1 aromatic carbocycles. The molecule has 0 saturated carbocycles. The van der Waals surface area contributed by atoms with Crippen LogP contribution in [-0.4, -0.2) is 47.9 Å². The van der Waals surface area contributed by atoms with Crippen LogP contribution in [0.3, 0.4) is 0 Å². The molecule has 0 unspecified atom stereocenters. The van der Waals surface area contributed by atoms with Crippen molar-refractivity contribution in [2.24, 2.45) is 11.3 Å². The van der Waals surface area contributed by atoms with Gasteiger partial charge in [0.2, 0.25) is 0 Å². The third-order valence-corrected chi connectivity index (χ3v) is 5.46. The summed E-state index contributed by atoms with van der Waals surface area (Å²) in [5, 5.41) is 10.2. The monoisotopic (exact) mass is 332 g/mol. The van der Waals surface area contributed by atoms with Crippen LogP contribution in [-0.2, 0) is 11.3 Å². The lowest BCUT2D eigenvalue weighted by Gasteiger charge is -2.36. The van der Waals surface area contributed by atoms with Crippen molar-refractivity contribution < 1.29 is 14.2 Å². The van der Waals surface area contributed by atoms with Gasteiger partial charge in [0.1, 0.15) is 5.82 Å². The van der Waals surface area contributed by atoms with Crippen molar-refractivity contribution in [2.45, 2.75) is 13.0 Å². The van der Waals surface area contributed by atoms with Gasteiger partial charge in [-0.2, -0.15) is 0 Å². The average Bonchev–Trinajstić information content (AvgIpc) is 2.94. The first-order chi connectivity index (χ1) is 11.6. The first-order valence-corrected chi connectivity index (χ1v) is 8.33. The molecule has 2 fully saturated rings. The van der Waals surface area contributed by atoms with Crippen molar-refractivity contribution in [2.75, 3.05) is 32.9 Å². The summed E-state index contributed by atoms with van der Waals surface area (Å²) in [6.07, 6.45) is 0.944. The standard InChI is InChI=1S/C18H21FN2O3/c19-15-3-1-2-14-16(23)6-13(20-17(14)15)8-21-7-12-4-5-24-11-18(12,9-21)10-22/h1-3,6,12,22H,4-5,7-11H2,(H,20,23)/t12-,18+/m0/s1. The summed E-state index contributed by atoms with van der Waals surface area (Å²) in [6, 6.07) is 6.07. The Morgan fingerprint density at radius 2 is 2.33 bits per heavy atom. The number of hydrogen-bond acceptors (Lipinski definition) is 4. The number of aliphatic hydroxyl groups excluding tert-OH is 1. The smallest absolute Gasteiger partial charge is 0.189 e. The normalized spacial score (nSPS) is 27.5. The zero-order valence-corrected chi connectivity index (χ0v) is 13.4. The summed E-state index contributed by atoms with van der Waals surface area (Å²) in [5.74, 6) is -0.0121. The van der Waals surface area contributed by atoms with Crippen LogP contribution in [0.2, 0.25) is 0 Å². The van der Waals surface area contributed by atoms with E-state index in [0.717, 1.165) is 26.1 Å². The number of aliphatic hydroxyl groups is 1. The lowest BCUT2D eigenvalue weighted by Crippen LogP contribution is -2.42. The summed E-state index contributed by atoms with van der Waals surface area (Å²) < 4.78 is 19.6. The lowest BCUT2D eigenvalue weighted by molar-refractivity contribution is -0.0561. The Labute approximate surface area is 139 Å². The first-order valence-electron chi connectivity index (χ1n) is 8.33. The molecule has 3 heterocycles. The molecule has 1 aromatic heterocycles. The van der Waals surface area contributed by atoms with Crippen molar-refractivity contribution in [1.82, 2.24) is 9.88 Å². The number of nitrogens with one attached hydrogen (secondary N) is 1. The highest BCUT2D eigenvalue weighted by atomic mass is 19.1. The highest BCUT2D eigenvalue weighted by Crippen LogP contribution is 2.41. The lowest BCUT2D eigenvalue weighted by atomic mass is 9.76. The fraction of sp³-hybridized carbons (Fsp3) is 0.500. The van der Waals surface area contributed by atoms with Crippen LogP contribution in [0, 0.1) is 17.2 Å². The maximum atomic E-state index is 14.0. The number of hydrogen-bond donors (Lipinski definition) is 2. The predicted octanol–water partition coefficient (Wildman–Crippen LogP) is 1.50. The first kappa shape index (κ1) is 15.7. The molecule has 5 nitrogen and oxygen atoms in total. The van der Waals surface area contributed by atoms with Crippen LogP contribution in [0.1, 0.15) is 12.1 Å². The van der Waals surface area contributed by atoms with Gasteiger partial charge in [-0.1, -0.05) is 6.07 Å². The molecule has 4 rings (SSSR count). The van der Waals surface area contributed by atoms with Gasteiger partial charge in [-0.15, -0.1) is 0 Å². The Morgan fingerprint density at radius 1 is 1.46 bits per heavy atom. The molecule has 2 aliphatic heterocycles. The minimum absolute atomic E-state index is 0.108. The second kappa shape index (κ2) is 5.95. The SMILES string of the molecule is O=c1cc(CN2C[C@@H]3CCOC[C@]3(CO)C2)[nH]c2c(F)cccc12. The van der Waals surface area contributed by atoms with E-state index in [1.54, 1.807) is 18.2 Å². The van der Waals surface area contributed by atoms with Crippen LogP contribution in [0.5, 0.6) is 0 Å². The van der Waals surface area contributed by atoms with E-state index >= 15 is 0 Å². The highest BCUT2D eigenvalue weighted by Gasteiger charge is 2.47. The van der Waals surface area contributed by atoms with E-state index in [9.17, 15) is 14.3 Å². The molecule has 128 valence electrons. The third-order valence-electron chi connectivity index (χ3n) is 5.46. The number of likely N-dealkylation sites (tertiary alicyclic amines) is 1. The Morgan fingerprint density at radius 3 is 3.12 bits per heavy atom. The van der Waals surface area contributed by atoms with Gasteiger partial charge in [0, 0.05) is 48.8 Å².